The molecule has 0 spiro atoms. The third kappa shape index (κ3) is 3.42. The van der Waals surface area contributed by atoms with Crippen LogP contribution >= 0.6 is 0 Å². The van der Waals surface area contributed by atoms with Gasteiger partial charge in [-0.1, -0.05) is 6.92 Å². The molecule has 92 valence electrons. The fraction of sp³-hybridized carbons (Fsp3) is 0.500. The highest BCUT2D eigenvalue weighted by molar-refractivity contribution is 4.99. The van der Waals surface area contributed by atoms with E-state index in [9.17, 15) is 0 Å². The van der Waals surface area contributed by atoms with Gasteiger partial charge >= 0.3 is 0 Å². The van der Waals surface area contributed by atoms with E-state index < -0.39 is 0 Å². The van der Waals surface area contributed by atoms with Crippen molar-refractivity contribution in [2.24, 2.45) is 0 Å². The monoisotopic (exact) mass is 233 g/mol. The maximum Gasteiger partial charge on any atom is 0.0946 e. The first-order valence-electron chi connectivity index (χ1n) is 6.07. The number of hydrogen-bond acceptors (Lipinski definition) is 3. The molecule has 0 aliphatic rings. The molecule has 5 heteroatoms. The van der Waals surface area contributed by atoms with Gasteiger partial charge in [0.1, 0.15) is 0 Å². The molecule has 0 fully saturated rings. The van der Waals surface area contributed by atoms with E-state index in [0.717, 1.165) is 32.6 Å². The Morgan fingerprint density at radius 2 is 2.24 bits per heavy atom. The molecular formula is C12H19N5. The van der Waals surface area contributed by atoms with Crippen LogP contribution in [0.1, 0.15) is 19.0 Å². The lowest BCUT2D eigenvalue weighted by Gasteiger charge is -2.08. The average Bonchev–Trinajstić information content (AvgIpc) is 2.96. The summed E-state index contributed by atoms with van der Waals surface area (Å²) in [4.78, 5) is 4.01. The summed E-state index contributed by atoms with van der Waals surface area (Å²) >= 11 is 0. The maximum absolute atomic E-state index is 4.30. The first kappa shape index (κ1) is 11.9. The quantitative estimate of drug-likeness (QED) is 0.733. The van der Waals surface area contributed by atoms with Gasteiger partial charge in [0.15, 0.2) is 0 Å². The molecule has 2 aromatic heterocycles. The lowest BCUT2D eigenvalue weighted by Crippen LogP contribution is -2.21. The summed E-state index contributed by atoms with van der Waals surface area (Å²) in [7, 11) is 0. The Labute approximate surface area is 101 Å². The van der Waals surface area contributed by atoms with E-state index in [2.05, 4.69) is 37.6 Å². The molecule has 0 aliphatic heterocycles. The molecule has 0 atom stereocenters. The van der Waals surface area contributed by atoms with Crippen molar-refractivity contribution in [2.75, 3.05) is 6.54 Å². The van der Waals surface area contributed by atoms with Crippen molar-refractivity contribution in [1.82, 2.24) is 24.6 Å². The van der Waals surface area contributed by atoms with Gasteiger partial charge in [-0.25, -0.2) is 4.98 Å². The maximum atomic E-state index is 4.30. The molecule has 5 nitrogen and oxygen atoms in total. The highest BCUT2D eigenvalue weighted by Gasteiger charge is 2.00. The van der Waals surface area contributed by atoms with Crippen molar-refractivity contribution < 1.29 is 0 Å². The zero-order chi connectivity index (χ0) is 11.9. The lowest BCUT2D eigenvalue weighted by atomic mass is 10.4. The number of nitrogens with one attached hydrogen (secondary N) is 1. The molecule has 0 radical (unpaired) electrons. The smallest absolute Gasteiger partial charge is 0.0946 e. The van der Waals surface area contributed by atoms with E-state index in [1.807, 2.05) is 18.7 Å². The molecule has 1 N–H and O–H groups in total. The van der Waals surface area contributed by atoms with Crippen LogP contribution < -0.4 is 5.32 Å². The zero-order valence-corrected chi connectivity index (χ0v) is 10.2. The van der Waals surface area contributed by atoms with E-state index in [0.29, 0.717) is 0 Å². The van der Waals surface area contributed by atoms with Crippen LogP contribution in [0.2, 0.25) is 0 Å². The van der Waals surface area contributed by atoms with Crippen molar-refractivity contribution in [2.45, 2.75) is 33.0 Å². The van der Waals surface area contributed by atoms with Crippen LogP contribution in [0.4, 0.5) is 0 Å². The molecule has 2 rings (SSSR count). The van der Waals surface area contributed by atoms with Gasteiger partial charge < -0.3 is 9.88 Å². The summed E-state index contributed by atoms with van der Waals surface area (Å²) in [5, 5.41) is 7.71. The van der Waals surface area contributed by atoms with E-state index in [1.54, 1.807) is 6.20 Å². The van der Waals surface area contributed by atoms with Crippen LogP contribution in [-0.2, 0) is 19.6 Å². The molecule has 0 saturated carbocycles. The van der Waals surface area contributed by atoms with Gasteiger partial charge in [0.2, 0.25) is 0 Å². The third-order valence-electron chi connectivity index (χ3n) is 2.65. The first-order valence-corrected chi connectivity index (χ1v) is 6.07. The summed E-state index contributed by atoms with van der Waals surface area (Å²) in [6.45, 7) is 5.91. The topological polar surface area (TPSA) is 47.7 Å². The van der Waals surface area contributed by atoms with Crippen molar-refractivity contribution in [3.8, 4) is 0 Å². The molecular weight excluding hydrogens is 214 g/mol. The predicted octanol–water partition coefficient (Wildman–Crippen LogP) is 1.28. The third-order valence-corrected chi connectivity index (χ3v) is 2.65. The molecule has 2 heterocycles. The zero-order valence-electron chi connectivity index (χ0n) is 10.2. The number of hydrogen-bond donors (Lipinski definition) is 1. The van der Waals surface area contributed by atoms with Gasteiger partial charge in [0, 0.05) is 44.8 Å². The van der Waals surface area contributed by atoms with Crippen LogP contribution in [0.3, 0.4) is 0 Å². The Hall–Kier alpha value is -1.62. The van der Waals surface area contributed by atoms with Crippen molar-refractivity contribution in [3.63, 3.8) is 0 Å². The number of imidazole rings is 1. The summed E-state index contributed by atoms with van der Waals surface area (Å²) in [6.07, 6.45) is 8.59. The van der Waals surface area contributed by atoms with E-state index in [1.165, 1.54) is 5.69 Å². The minimum Gasteiger partial charge on any atom is -0.336 e. The highest BCUT2D eigenvalue weighted by atomic mass is 15.3. The second-order valence-electron chi connectivity index (χ2n) is 4.02. The fourth-order valence-corrected chi connectivity index (χ4v) is 1.77. The van der Waals surface area contributed by atoms with Gasteiger partial charge in [-0.05, 0) is 12.5 Å². The molecule has 0 bridgehead atoms. The second kappa shape index (κ2) is 6.20. The van der Waals surface area contributed by atoms with Crippen LogP contribution in [0.25, 0.3) is 0 Å². The Bertz CT molecular complexity index is 418. The predicted molar refractivity (Wildman–Crippen MR) is 66.5 cm³/mol. The molecule has 2 aromatic rings. The van der Waals surface area contributed by atoms with E-state index in [4.69, 9.17) is 0 Å². The largest absolute Gasteiger partial charge is 0.336 e. The second-order valence-corrected chi connectivity index (χ2v) is 4.02. The van der Waals surface area contributed by atoms with Gasteiger partial charge in [0.05, 0.1) is 12.0 Å². The number of aryl methyl sites for hydroxylation is 1. The average molecular weight is 233 g/mol. The Balaban J connectivity index is 1.72. The van der Waals surface area contributed by atoms with Crippen LogP contribution in [0.5, 0.6) is 0 Å². The SMILES string of the molecule is CCCn1nccc1CNCCn1ccnc1. The van der Waals surface area contributed by atoms with Gasteiger partial charge in [-0.2, -0.15) is 5.10 Å². The van der Waals surface area contributed by atoms with E-state index >= 15 is 0 Å². The minimum absolute atomic E-state index is 0.870. The van der Waals surface area contributed by atoms with Crippen LogP contribution in [0.15, 0.2) is 31.0 Å². The minimum atomic E-state index is 0.870. The summed E-state index contributed by atoms with van der Waals surface area (Å²) in [5.74, 6) is 0. The molecule has 0 amide bonds. The van der Waals surface area contributed by atoms with E-state index in [-0.39, 0.29) is 0 Å². The normalized spacial score (nSPS) is 10.9. The van der Waals surface area contributed by atoms with Crippen LogP contribution in [-0.4, -0.2) is 25.9 Å². The Morgan fingerprint density at radius 3 is 3.00 bits per heavy atom. The highest BCUT2D eigenvalue weighted by Crippen LogP contribution is 1.99. The summed E-state index contributed by atoms with van der Waals surface area (Å²) < 4.78 is 4.13. The van der Waals surface area contributed by atoms with Gasteiger partial charge in [-0.15, -0.1) is 0 Å². The lowest BCUT2D eigenvalue weighted by molar-refractivity contribution is 0.535. The number of aromatic nitrogens is 4. The number of nitrogens with zero attached hydrogens (tertiary/aromatic N) is 4. The Kier molecular flexibility index (Phi) is 4.32. The molecule has 17 heavy (non-hydrogen) atoms. The van der Waals surface area contributed by atoms with Gasteiger partial charge in [-0.3, -0.25) is 4.68 Å². The molecule has 0 unspecified atom stereocenters. The van der Waals surface area contributed by atoms with Crippen molar-refractivity contribution in [1.29, 1.82) is 0 Å². The molecule has 0 saturated heterocycles. The fourth-order valence-electron chi connectivity index (χ4n) is 1.77. The standard InChI is InChI=1S/C12H19N5/c1-2-7-17-12(3-4-15-17)10-13-5-8-16-9-6-14-11-16/h3-4,6,9,11,13H,2,5,7-8,10H2,1H3. The first-order chi connectivity index (χ1) is 8.40. The van der Waals surface area contributed by atoms with Crippen molar-refractivity contribution in [3.05, 3.63) is 36.7 Å². The molecule has 0 aliphatic carbocycles. The molecule has 0 aromatic carbocycles. The van der Waals surface area contributed by atoms with Crippen LogP contribution in [0, 0.1) is 0 Å². The summed E-state index contributed by atoms with van der Waals surface area (Å²) in [6, 6.07) is 2.07. The van der Waals surface area contributed by atoms with Crippen molar-refractivity contribution >= 4 is 0 Å². The number of rotatable bonds is 7. The summed E-state index contributed by atoms with van der Waals surface area (Å²) in [5.41, 5.74) is 1.25. The van der Waals surface area contributed by atoms with Gasteiger partial charge in [0.25, 0.3) is 0 Å². The Morgan fingerprint density at radius 1 is 1.29 bits per heavy atom.